The van der Waals surface area contributed by atoms with Gasteiger partial charge in [0.15, 0.2) is 5.82 Å². The molecule has 1 unspecified atom stereocenters. The van der Waals surface area contributed by atoms with Crippen molar-refractivity contribution >= 4 is 5.91 Å². The summed E-state index contributed by atoms with van der Waals surface area (Å²) in [5, 5.41) is 8.01. The predicted octanol–water partition coefficient (Wildman–Crippen LogP) is 3.62. The van der Waals surface area contributed by atoms with E-state index in [-0.39, 0.29) is 11.3 Å². The third-order valence-electron chi connectivity index (χ3n) is 6.26. The van der Waals surface area contributed by atoms with E-state index < -0.39 is 0 Å². The van der Waals surface area contributed by atoms with E-state index in [1.165, 1.54) is 12.0 Å². The first-order valence-electron chi connectivity index (χ1n) is 10.5. The Kier molecular flexibility index (Phi) is 4.66. The number of rotatable bonds is 7. The summed E-state index contributed by atoms with van der Waals surface area (Å²) in [6.45, 7) is 0.885. The second-order valence-corrected chi connectivity index (χ2v) is 8.72. The molecule has 2 aliphatic carbocycles. The smallest absolute Gasteiger partial charge is 0.257 e. The van der Waals surface area contributed by atoms with Gasteiger partial charge < -0.3 is 14.7 Å². The van der Waals surface area contributed by atoms with Gasteiger partial charge in [-0.15, -0.1) is 0 Å². The second kappa shape index (κ2) is 7.36. The van der Waals surface area contributed by atoms with E-state index in [1.807, 2.05) is 12.1 Å². The first kappa shape index (κ1) is 19.0. The Morgan fingerprint density at radius 3 is 2.53 bits per heavy atom. The van der Waals surface area contributed by atoms with Crippen LogP contribution in [0.4, 0.5) is 0 Å². The van der Waals surface area contributed by atoms with Crippen molar-refractivity contribution in [3.05, 3.63) is 71.5 Å². The van der Waals surface area contributed by atoms with Gasteiger partial charge in [0.05, 0.1) is 0 Å². The number of nitrogens with zero attached hydrogens (tertiary/aromatic N) is 3. The molecule has 1 aromatic heterocycles. The fraction of sp³-hybridized carbons (Fsp3) is 0.375. The Labute approximate surface area is 176 Å². The van der Waals surface area contributed by atoms with Crippen LogP contribution in [0, 0.1) is 0 Å². The lowest BCUT2D eigenvalue weighted by atomic mass is 10.1. The van der Waals surface area contributed by atoms with Crippen molar-refractivity contribution in [2.75, 3.05) is 20.6 Å². The monoisotopic (exact) mass is 402 g/mol. The zero-order valence-electron chi connectivity index (χ0n) is 17.3. The largest absolute Gasteiger partial charge is 0.345 e. The summed E-state index contributed by atoms with van der Waals surface area (Å²) >= 11 is 0. The van der Waals surface area contributed by atoms with E-state index in [4.69, 9.17) is 4.52 Å². The molecule has 0 aliphatic heterocycles. The summed E-state index contributed by atoms with van der Waals surface area (Å²) in [5.74, 6) is 1.89. The molecule has 1 N–H and O–H groups in total. The molecule has 6 heteroatoms. The molecule has 2 atom stereocenters. The van der Waals surface area contributed by atoms with E-state index in [2.05, 4.69) is 45.8 Å². The summed E-state index contributed by atoms with van der Waals surface area (Å²) in [6.07, 6.45) is 3.35. The summed E-state index contributed by atoms with van der Waals surface area (Å²) < 4.78 is 5.55. The topological polar surface area (TPSA) is 71.3 Å². The highest BCUT2D eigenvalue weighted by Gasteiger charge is 2.50. The fourth-order valence-electron chi connectivity index (χ4n) is 4.02. The molecule has 5 rings (SSSR count). The molecule has 6 nitrogen and oxygen atoms in total. The predicted molar refractivity (Wildman–Crippen MR) is 114 cm³/mol. The number of carbonyl (C=O) groups excluding carboxylic acids is 1. The van der Waals surface area contributed by atoms with Gasteiger partial charge in [0, 0.05) is 49.1 Å². The van der Waals surface area contributed by atoms with Gasteiger partial charge in [-0.25, -0.2) is 0 Å². The zero-order valence-corrected chi connectivity index (χ0v) is 17.3. The van der Waals surface area contributed by atoms with Gasteiger partial charge in [0.25, 0.3) is 11.8 Å². The SMILES string of the molecule is CN(C)C(=O)c1ccc(-c2nc(C3(CN[C@H]4CC4c4ccccc4)CC3)no2)cc1. The highest BCUT2D eigenvalue weighted by molar-refractivity contribution is 5.94. The average Bonchev–Trinajstić information content (AvgIpc) is 3.69. The van der Waals surface area contributed by atoms with Gasteiger partial charge in [-0.3, -0.25) is 4.79 Å². The molecule has 0 radical (unpaired) electrons. The molecule has 0 bridgehead atoms. The van der Waals surface area contributed by atoms with Crippen molar-refractivity contribution in [2.45, 2.75) is 36.6 Å². The van der Waals surface area contributed by atoms with Crippen LogP contribution in [0.25, 0.3) is 11.5 Å². The Hall–Kier alpha value is -2.99. The van der Waals surface area contributed by atoms with Crippen molar-refractivity contribution in [1.82, 2.24) is 20.4 Å². The molecule has 0 saturated heterocycles. The van der Waals surface area contributed by atoms with Gasteiger partial charge in [-0.05, 0) is 49.1 Å². The Morgan fingerprint density at radius 2 is 1.87 bits per heavy atom. The quantitative estimate of drug-likeness (QED) is 0.654. The number of hydrogen-bond acceptors (Lipinski definition) is 5. The van der Waals surface area contributed by atoms with Gasteiger partial charge in [0.2, 0.25) is 0 Å². The maximum absolute atomic E-state index is 12.0. The molecule has 2 aromatic carbocycles. The van der Waals surface area contributed by atoms with Crippen LogP contribution in [-0.4, -0.2) is 47.6 Å². The number of amides is 1. The van der Waals surface area contributed by atoms with Crippen LogP contribution < -0.4 is 5.32 Å². The first-order chi connectivity index (χ1) is 14.6. The number of benzene rings is 2. The summed E-state index contributed by atoms with van der Waals surface area (Å²) in [6, 6.07) is 18.6. The first-order valence-corrected chi connectivity index (χ1v) is 10.5. The minimum absolute atomic E-state index is 0.00753. The van der Waals surface area contributed by atoms with E-state index in [9.17, 15) is 4.79 Å². The zero-order chi connectivity index (χ0) is 20.7. The molecular weight excluding hydrogens is 376 g/mol. The van der Waals surface area contributed by atoms with Crippen LogP contribution in [0.1, 0.15) is 46.9 Å². The van der Waals surface area contributed by atoms with Crippen LogP contribution in [0.2, 0.25) is 0 Å². The normalized spacial score (nSPS) is 21.3. The highest BCUT2D eigenvalue weighted by Crippen LogP contribution is 2.48. The lowest BCUT2D eigenvalue weighted by molar-refractivity contribution is 0.0827. The standard InChI is InChI=1S/C24H26N4O2/c1-28(2)22(29)18-10-8-17(9-11-18)21-26-23(27-30-21)24(12-13-24)15-25-20-14-19(20)16-6-4-3-5-7-16/h3-11,19-20,25H,12-15H2,1-2H3/t19?,20-/m0/s1. The van der Waals surface area contributed by atoms with E-state index in [1.54, 1.807) is 31.1 Å². The second-order valence-electron chi connectivity index (χ2n) is 8.72. The van der Waals surface area contributed by atoms with Crippen LogP contribution in [0.15, 0.2) is 59.1 Å². The maximum Gasteiger partial charge on any atom is 0.257 e. The van der Waals surface area contributed by atoms with Crippen LogP contribution in [-0.2, 0) is 5.41 Å². The lowest BCUT2D eigenvalue weighted by Gasteiger charge is -2.12. The van der Waals surface area contributed by atoms with E-state index in [0.29, 0.717) is 23.4 Å². The van der Waals surface area contributed by atoms with Gasteiger partial charge in [-0.2, -0.15) is 4.98 Å². The van der Waals surface area contributed by atoms with Gasteiger partial charge in [0.1, 0.15) is 0 Å². The van der Waals surface area contributed by atoms with Gasteiger partial charge in [-0.1, -0.05) is 35.5 Å². The molecule has 1 amide bonds. The number of nitrogens with one attached hydrogen (secondary N) is 1. The third-order valence-corrected chi connectivity index (χ3v) is 6.26. The molecule has 2 saturated carbocycles. The van der Waals surface area contributed by atoms with Gasteiger partial charge >= 0.3 is 0 Å². The highest BCUT2D eigenvalue weighted by atomic mass is 16.5. The molecule has 2 fully saturated rings. The van der Waals surface area contributed by atoms with Crippen molar-refractivity contribution in [2.24, 2.45) is 0 Å². The molecule has 154 valence electrons. The average molecular weight is 402 g/mol. The molecule has 1 heterocycles. The van der Waals surface area contributed by atoms with Crippen LogP contribution in [0.3, 0.4) is 0 Å². The molecule has 0 spiro atoms. The third kappa shape index (κ3) is 3.63. The van der Waals surface area contributed by atoms with Crippen molar-refractivity contribution in [3.63, 3.8) is 0 Å². The molecule has 30 heavy (non-hydrogen) atoms. The summed E-state index contributed by atoms with van der Waals surface area (Å²) in [4.78, 5) is 18.3. The van der Waals surface area contributed by atoms with Crippen molar-refractivity contribution in [3.8, 4) is 11.5 Å². The number of carbonyl (C=O) groups is 1. The number of hydrogen-bond donors (Lipinski definition) is 1. The summed E-state index contributed by atoms with van der Waals surface area (Å²) in [5.41, 5.74) is 2.88. The van der Waals surface area contributed by atoms with Crippen molar-refractivity contribution < 1.29 is 9.32 Å². The minimum Gasteiger partial charge on any atom is -0.345 e. The number of aromatic nitrogens is 2. The van der Waals surface area contributed by atoms with E-state index in [0.717, 1.165) is 30.8 Å². The lowest BCUT2D eigenvalue weighted by Crippen LogP contribution is -2.30. The van der Waals surface area contributed by atoms with Crippen molar-refractivity contribution in [1.29, 1.82) is 0 Å². The fourth-order valence-corrected chi connectivity index (χ4v) is 4.02. The Morgan fingerprint density at radius 1 is 1.13 bits per heavy atom. The van der Waals surface area contributed by atoms with E-state index >= 15 is 0 Å². The Balaban J connectivity index is 1.23. The maximum atomic E-state index is 12.0. The molecule has 3 aromatic rings. The summed E-state index contributed by atoms with van der Waals surface area (Å²) in [7, 11) is 3.49. The van der Waals surface area contributed by atoms with Crippen LogP contribution >= 0.6 is 0 Å². The van der Waals surface area contributed by atoms with Crippen LogP contribution in [0.5, 0.6) is 0 Å². The molecular formula is C24H26N4O2. The Bertz CT molecular complexity index is 1040. The minimum atomic E-state index is -0.0235. The molecule has 2 aliphatic rings.